The molecule has 6 heteroatoms. The van der Waals surface area contributed by atoms with Gasteiger partial charge in [-0.15, -0.1) is 0 Å². The molecule has 114 valence electrons. The van der Waals surface area contributed by atoms with Crippen LogP contribution in [0.4, 0.5) is 0 Å². The van der Waals surface area contributed by atoms with Gasteiger partial charge in [-0.05, 0) is 43.7 Å². The lowest BCUT2D eigenvalue weighted by atomic mass is 10.2. The van der Waals surface area contributed by atoms with Crippen LogP contribution in [0, 0.1) is 6.92 Å². The molecule has 0 bridgehead atoms. The summed E-state index contributed by atoms with van der Waals surface area (Å²) >= 11 is 5.86. The lowest BCUT2D eigenvalue weighted by Gasteiger charge is -2.08. The van der Waals surface area contributed by atoms with Crippen LogP contribution in [-0.4, -0.2) is 23.2 Å². The molecule has 0 radical (unpaired) electrons. The summed E-state index contributed by atoms with van der Waals surface area (Å²) in [7, 11) is 0. The number of nitrogens with one attached hydrogen (secondary N) is 1. The van der Waals surface area contributed by atoms with E-state index in [0.717, 1.165) is 11.1 Å². The predicted molar refractivity (Wildman–Crippen MR) is 86.3 cm³/mol. The van der Waals surface area contributed by atoms with E-state index in [-0.39, 0.29) is 12.5 Å². The quantitative estimate of drug-likeness (QED) is 0.681. The van der Waals surface area contributed by atoms with Gasteiger partial charge in [0.05, 0.1) is 5.71 Å². The molecule has 0 saturated heterocycles. The van der Waals surface area contributed by atoms with E-state index >= 15 is 0 Å². The molecule has 0 aliphatic rings. The van der Waals surface area contributed by atoms with Gasteiger partial charge in [-0.2, -0.15) is 5.10 Å². The summed E-state index contributed by atoms with van der Waals surface area (Å²) in [5.41, 5.74) is 4.84. The number of hydrogen-bond acceptors (Lipinski definition) is 4. The van der Waals surface area contributed by atoms with Crippen LogP contribution in [0.1, 0.15) is 18.1 Å². The third-order valence-corrected chi connectivity index (χ3v) is 3.16. The molecule has 1 amide bonds. The largest absolute Gasteiger partial charge is 0.483 e. The minimum atomic E-state index is -0.336. The van der Waals surface area contributed by atoms with E-state index in [9.17, 15) is 4.79 Å². The van der Waals surface area contributed by atoms with Gasteiger partial charge in [0.1, 0.15) is 5.75 Å². The monoisotopic (exact) mass is 317 g/mol. The molecule has 2 aromatic rings. The Kier molecular flexibility index (Phi) is 5.49. The molecular formula is C16H16ClN3O2. The van der Waals surface area contributed by atoms with Crippen LogP contribution in [0.2, 0.25) is 5.02 Å². The summed E-state index contributed by atoms with van der Waals surface area (Å²) in [5, 5.41) is 4.65. The molecule has 0 atom stereocenters. The second-order valence-electron chi connectivity index (χ2n) is 4.67. The second-order valence-corrected chi connectivity index (χ2v) is 5.11. The smallest absolute Gasteiger partial charge is 0.277 e. The molecule has 1 aromatic carbocycles. The van der Waals surface area contributed by atoms with Gasteiger partial charge in [-0.3, -0.25) is 9.78 Å². The average Bonchev–Trinajstić information content (AvgIpc) is 2.52. The molecule has 22 heavy (non-hydrogen) atoms. The number of aromatic nitrogens is 1. The fraction of sp³-hybridized carbons (Fsp3) is 0.188. The molecule has 0 aliphatic heterocycles. The Morgan fingerprint density at radius 2 is 2.23 bits per heavy atom. The van der Waals surface area contributed by atoms with Crippen molar-refractivity contribution in [2.24, 2.45) is 5.10 Å². The first-order valence-corrected chi connectivity index (χ1v) is 7.06. The molecule has 0 fully saturated rings. The minimum absolute atomic E-state index is 0.119. The Morgan fingerprint density at radius 3 is 2.91 bits per heavy atom. The SMILES string of the molecule is CC(=NNC(=O)COc1ccc(Cl)cc1C)c1cccnc1. The van der Waals surface area contributed by atoms with Crippen molar-refractivity contribution in [3.05, 3.63) is 58.9 Å². The third-order valence-electron chi connectivity index (χ3n) is 2.92. The van der Waals surface area contributed by atoms with Gasteiger partial charge < -0.3 is 4.74 Å². The van der Waals surface area contributed by atoms with Gasteiger partial charge >= 0.3 is 0 Å². The van der Waals surface area contributed by atoms with Crippen LogP contribution in [0.15, 0.2) is 47.8 Å². The number of benzene rings is 1. The Hall–Kier alpha value is -2.40. The zero-order valence-corrected chi connectivity index (χ0v) is 13.1. The first-order valence-electron chi connectivity index (χ1n) is 6.69. The van der Waals surface area contributed by atoms with Gasteiger partial charge in [-0.1, -0.05) is 17.7 Å². The normalized spacial score (nSPS) is 11.1. The lowest BCUT2D eigenvalue weighted by Crippen LogP contribution is -2.25. The number of hydrazone groups is 1. The Morgan fingerprint density at radius 1 is 1.41 bits per heavy atom. The van der Waals surface area contributed by atoms with Crippen LogP contribution in [0.3, 0.4) is 0 Å². The van der Waals surface area contributed by atoms with Gasteiger partial charge in [0.25, 0.3) is 5.91 Å². The number of ether oxygens (including phenoxy) is 1. The van der Waals surface area contributed by atoms with E-state index in [0.29, 0.717) is 16.5 Å². The zero-order valence-electron chi connectivity index (χ0n) is 12.3. The molecule has 0 spiro atoms. The van der Waals surface area contributed by atoms with Crippen molar-refractivity contribution in [2.45, 2.75) is 13.8 Å². The summed E-state index contributed by atoms with van der Waals surface area (Å²) in [6.45, 7) is 3.54. The molecular weight excluding hydrogens is 302 g/mol. The maximum Gasteiger partial charge on any atom is 0.277 e. The van der Waals surface area contributed by atoms with Crippen LogP contribution in [0.25, 0.3) is 0 Å². The van der Waals surface area contributed by atoms with Gasteiger partial charge in [-0.25, -0.2) is 5.43 Å². The highest BCUT2D eigenvalue weighted by Gasteiger charge is 2.05. The molecule has 1 aromatic heterocycles. The van der Waals surface area contributed by atoms with Crippen molar-refractivity contribution in [1.82, 2.24) is 10.4 Å². The predicted octanol–water partition coefficient (Wildman–Crippen LogP) is 2.96. The Balaban J connectivity index is 1.88. The minimum Gasteiger partial charge on any atom is -0.483 e. The number of nitrogens with zero attached hydrogens (tertiary/aromatic N) is 2. The third kappa shape index (κ3) is 4.56. The van der Waals surface area contributed by atoms with Gasteiger partial charge in [0.2, 0.25) is 0 Å². The van der Waals surface area contributed by atoms with Crippen LogP contribution in [-0.2, 0) is 4.79 Å². The number of carbonyl (C=O) groups excluding carboxylic acids is 1. The lowest BCUT2D eigenvalue weighted by molar-refractivity contribution is -0.123. The second kappa shape index (κ2) is 7.56. The number of rotatable bonds is 5. The van der Waals surface area contributed by atoms with Crippen molar-refractivity contribution in [3.63, 3.8) is 0 Å². The van der Waals surface area contributed by atoms with Crippen LogP contribution >= 0.6 is 11.6 Å². The summed E-state index contributed by atoms with van der Waals surface area (Å²) in [5.74, 6) is 0.283. The van der Waals surface area contributed by atoms with E-state index in [4.69, 9.17) is 16.3 Å². The molecule has 1 heterocycles. The van der Waals surface area contributed by atoms with Crippen molar-refractivity contribution in [1.29, 1.82) is 0 Å². The van der Waals surface area contributed by atoms with Crippen molar-refractivity contribution in [3.8, 4) is 5.75 Å². The van der Waals surface area contributed by atoms with Crippen LogP contribution in [0.5, 0.6) is 5.75 Å². The Bertz CT molecular complexity index is 687. The van der Waals surface area contributed by atoms with Crippen LogP contribution < -0.4 is 10.2 Å². The maximum absolute atomic E-state index is 11.7. The number of amides is 1. The van der Waals surface area contributed by atoms with E-state index in [1.807, 2.05) is 19.1 Å². The van der Waals surface area contributed by atoms with Gasteiger partial charge in [0.15, 0.2) is 6.61 Å². The highest BCUT2D eigenvalue weighted by Crippen LogP contribution is 2.21. The first-order chi connectivity index (χ1) is 10.6. The topological polar surface area (TPSA) is 63.6 Å². The summed E-state index contributed by atoms with van der Waals surface area (Å²) < 4.78 is 5.44. The molecule has 0 unspecified atom stereocenters. The molecule has 1 N–H and O–H groups in total. The number of halogens is 1. The standard InChI is InChI=1S/C16H16ClN3O2/c1-11-8-14(17)5-6-15(11)22-10-16(21)20-19-12(2)13-4-3-7-18-9-13/h3-9H,10H2,1-2H3,(H,20,21). The number of aryl methyl sites for hydroxylation is 1. The number of hydrogen-bond donors (Lipinski definition) is 1. The van der Waals surface area contributed by atoms with Gasteiger partial charge in [0, 0.05) is 23.0 Å². The molecule has 0 saturated carbocycles. The summed E-state index contributed by atoms with van der Waals surface area (Å²) in [4.78, 5) is 15.7. The summed E-state index contributed by atoms with van der Waals surface area (Å²) in [6, 6.07) is 8.90. The number of pyridine rings is 1. The highest BCUT2D eigenvalue weighted by atomic mass is 35.5. The number of carbonyl (C=O) groups is 1. The highest BCUT2D eigenvalue weighted by molar-refractivity contribution is 6.30. The summed E-state index contributed by atoms with van der Waals surface area (Å²) in [6.07, 6.45) is 3.36. The van der Waals surface area contributed by atoms with Crippen molar-refractivity contribution >= 4 is 23.2 Å². The zero-order chi connectivity index (χ0) is 15.9. The molecule has 0 aliphatic carbocycles. The fourth-order valence-electron chi connectivity index (χ4n) is 1.74. The Labute approximate surface area is 134 Å². The molecule has 2 rings (SSSR count). The van der Waals surface area contributed by atoms with E-state index < -0.39 is 0 Å². The van der Waals surface area contributed by atoms with E-state index in [1.165, 1.54) is 0 Å². The van der Waals surface area contributed by atoms with Crippen molar-refractivity contribution < 1.29 is 9.53 Å². The molecule has 5 nitrogen and oxygen atoms in total. The average molecular weight is 318 g/mol. The van der Waals surface area contributed by atoms with E-state index in [2.05, 4.69) is 15.5 Å². The maximum atomic E-state index is 11.7. The first kappa shape index (κ1) is 16.0. The fourth-order valence-corrected chi connectivity index (χ4v) is 1.96. The van der Waals surface area contributed by atoms with E-state index in [1.54, 1.807) is 37.5 Å². The van der Waals surface area contributed by atoms with Crippen molar-refractivity contribution in [2.75, 3.05) is 6.61 Å².